The zero-order valence-electron chi connectivity index (χ0n) is 15.6. The van der Waals surface area contributed by atoms with Crippen LogP contribution in [0, 0.1) is 6.92 Å². The Bertz CT molecular complexity index is 805. The van der Waals surface area contributed by atoms with Crippen molar-refractivity contribution in [3.8, 4) is 0 Å². The number of benzene rings is 1. The number of morpholine rings is 1. The fourth-order valence-corrected chi connectivity index (χ4v) is 3.09. The smallest absolute Gasteiger partial charge is 0.307 e. The lowest BCUT2D eigenvalue weighted by Gasteiger charge is -2.34. The minimum atomic E-state index is -0.355. The molecule has 1 aliphatic rings. The van der Waals surface area contributed by atoms with E-state index in [-0.39, 0.29) is 30.0 Å². The Hall–Kier alpha value is -2.74. The van der Waals surface area contributed by atoms with Crippen LogP contribution in [0.4, 0.5) is 0 Å². The van der Waals surface area contributed by atoms with Gasteiger partial charge in [-0.15, -0.1) is 5.10 Å². The molecule has 2 heterocycles. The van der Waals surface area contributed by atoms with E-state index in [1.165, 1.54) is 0 Å². The van der Waals surface area contributed by atoms with Crippen molar-refractivity contribution in [1.82, 2.24) is 19.9 Å². The number of rotatable bonds is 6. The van der Waals surface area contributed by atoms with Crippen molar-refractivity contribution < 1.29 is 19.1 Å². The summed E-state index contributed by atoms with van der Waals surface area (Å²) in [6.45, 7) is 5.80. The molecule has 1 atom stereocenters. The van der Waals surface area contributed by atoms with Crippen LogP contribution in [0.15, 0.2) is 30.5 Å². The molecule has 0 N–H and O–H groups in total. The van der Waals surface area contributed by atoms with Gasteiger partial charge < -0.3 is 14.4 Å². The molecule has 0 aliphatic carbocycles. The molecule has 27 heavy (non-hydrogen) atoms. The normalized spacial score (nSPS) is 17.0. The van der Waals surface area contributed by atoms with Crippen LogP contribution in [-0.2, 0) is 20.8 Å². The molecular weight excluding hydrogens is 348 g/mol. The molecule has 2 aromatic rings. The number of carbonyl (C=O) groups excluding carboxylic acids is 2. The fourth-order valence-electron chi connectivity index (χ4n) is 3.09. The average Bonchev–Trinajstić information content (AvgIpc) is 3.12. The maximum atomic E-state index is 12.9. The van der Waals surface area contributed by atoms with Crippen molar-refractivity contribution in [2.45, 2.75) is 32.9 Å². The second kappa shape index (κ2) is 8.77. The highest BCUT2D eigenvalue weighted by Gasteiger charge is 2.31. The summed E-state index contributed by atoms with van der Waals surface area (Å²) in [5.41, 5.74) is 2.54. The third kappa shape index (κ3) is 4.71. The Balaban J connectivity index is 1.70. The monoisotopic (exact) mass is 372 g/mol. The number of esters is 1. The maximum Gasteiger partial charge on any atom is 0.307 e. The molecule has 8 nitrogen and oxygen atoms in total. The molecule has 3 rings (SSSR count). The SMILES string of the molecule is CCOC(=O)C[C@@H]1COCCN1C(=O)c1cn(Cc2ccccc2C)nn1. The van der Waals surface area contributed by atoms with Crippen molar-refractivity contribution in [2.75, 3.05) is 26.4 Å². The number of aryl methyl sites for hydroxylation is 1. The number of amides is 1. The third-order valence-electron chi connectivity index (χ3n) is 4.55. The van der Waals surface area contributed by atoms with Crippen LogP contribution in [0.25, 0.3) is 0 Å². The summed E-state index contributed by atoms with van der Waals surface area (Å²) in [5, 5.41) is 8.11. The Morgan fingerprint density at radius 1 is 1.33 bits per heavy atom. The highest BCUT2D eigenvalue weighted by atomic mass is 16.5. The predicted octanol–water partition coefficient (Wildman–Crippen LogP) is 1.43. The summed E-state index contributed by atoms with van der Waals surface area (Å²) < 4.78 is 12.1. The lowest BCUT2D eigenvalue weighted by molar-refractivity contribution is -0.145. The minimum Gasteiger partial charge on any atom is -0.466 e. The lowest BCUT2D eigenvalue weighted by atomic mass is 10.1. The second-order valence-electron chi connectivity index (χ2n) is 6.46. The summed E-state index contributed by atoms with van der Waals surface area (Å²) in [6, 6.07) is 7.66. The molecule has 0 radical (unpaired) electrons. The minimum absolute atomic E-state index is 0.108. The van der Waals surface area contributed by atoms with Crippen LogP contribution in [-0.4, -0.2) is 64.2 Å². The number of hydrogen-bond donors (Lipinski definition) is 0. The summed E-state index contributed by atoms with van der Waals surface area (Å²) in [7, 11) is 0. The summed E-state index contributed by atoms with van der Waals surface area (Å²) in [6.07, 6.45) is 1.75. The molecule has 1 aromatic carbocycles. The third-order valence-corrected chi connectivity index (χ3v) is 4.55. The molecule has 1 saturated heterocycles. The highest BCUT2D eigenvalue weighted by molar-refractivity contribution is 5.92. The summed E-state index contributed by atoms with van der Waals surface area (Å²) in [5.74, 6) is -0.586. The summed E-state index contributed by atoms with van der Waals surface area (Å²) in [4.78, 5) is 26.3. The van der Waals surface area contributed by atoms with Gasteiger partial charge >= 0.3 is 5.97 Å². The fraction of sp³-hybridized carbons (Fsp3) is 0.474. The van der Waals surface area contributed by atoms with Crippen molar-refractivity contribution in [1.29, 1.82) is 0 Å². The van der Waals surface area contributed by atoms with Crippen molar-refractivity contribution in [3.63, 3.8) is 0 Å². The van der Waals surface area contributed by atoms with Gasteiger partial charge in [-0.2, -0.15) is 0 Å². The van der Waals surface area contributed by atoms with E-state index in [1.54, 1.807) is 22.7 Å². The van der Waals surface area contributed by atoms with E-state index < -0.39 is 0 Å². The second-order valence-corrected chi connectivity index (χ2v) is 6.46. The van der Waals surface area contributed by atoms with Crippen LogP contribution < -0.4 is 0 Å². The molecule has 0 unspecified atom stereocenters. The molecule has 1 aromatic heterocycles. The number of ether oxygens (including phenoxy) is 2. The van der Waals surface area contributed by atoms with Gasteiger partial charge in [-0.1, -0.05) is 29.5 Å². The van der Waals surface area contributed by atoms with Crippen molar-refractivity contribution >= 4 is 11.9 Å². The van der Waals surface area contributed by atoms with Gasteiger partial charge in [0.25, 0.3) is 5.91 Å². The van der Waals surface area contributed by atoms with Crippen LogP contribution in [0.1, 0.15) is 35.0 Å². The quantitative estimate of drug-likeness (QED) is 0.713. The maximum absolute atomic E-state index is 12.9. The first-order valence-corrected chi connectivity index (χ1v) is 9.07. The molecule has 0 saturated carbocycles. The van der Waals surface area contributed by atoms with Gasteiger partial charge in [-0.3, -0.25) is 9.59 Å². The number of nitrogens with zero attached hydrogens (tertiary/aromatic N) is 4. The molecule has 0 bridgehead atoms. The first kappa shape index (κ1) is 19.0. The molecule has 1 aliphatic heterocycles. The molecular formula is C19H24N4O4. The molecule has 0 spiro atoms. The summed E-state index contributed by atoms with van der Waals surface area (Å²) >= 11 is 0. The van der Waals surface area contributed by atoms with E-state index in [0.29, 0.717) is 32.9 Å². The molecule has 144 valence electrons. The lowest BCUT2D eigenvalue weighted by Crippen LogP contribution is -2.49. The Morgan fingerprint density at radius 2 is 2.15 bits per heavy atom. The van der Waals surface area contributed by atoms with E-state index in [0.717, 1.165) is 11.1 Å². The zero-order valence-corrected chi connectivity index (χ0v) is 15.6. The van der Waals surface area contributed by atoms with Gasteiger partial charge in [0.05, 0.1) is 45.0 Å². The molecule has 8 heteroatoms. The van der Waals surface area contributed by atoms with Crippen molar-refractivity contribution in [2.24, 2.45) is 0 Å². The van der Waals surface area contributed by atoms with Crippen LogP contribution in [0.2, 0.25) is 0 Å². The first-order valence-electron chi connectivity index (χ1n) is 9.07. The molecule has 1 fully saturated rings. The van der Waals surface area contributed by atoms with Crippen LogP contribution >= 0.6 is 0 Å². The van der Waals surface area contributed by atoms with Gasteiger partial charge in [-0.05, 0) is 25.0 Å². The van der Waals surface area contributed by atoms with Gasteiger partial charge in [0, 0.05) is 6.54 Å². The Morgan fingerprint density at radius 3 is 2.93 bits per heavy atom. The number of aromatic nitrogens is 3. The van der Waals surface area contributed by atoms with E-state index in [4.69, 9.17) is 9.47 Å². The predicted molar refractivity (Wildman–Crippen MR) is 97.2 cm³/mol. The van der Waals surface area contributed by atoms with Gasteiger partial charge in [0.2, 0.25) is 0 Å². The van der Waals surface area contributed by atoms with E-state index in [2.05, 4.69) is 10.3 Å². The van der Waals surface area contributed by atoms with Gasteiger partial charge in [0.15, 0.2) is 5.69 Å². The standard InChI is InChI=1S/C19H24N4O4/c1-3-27-18(24)10-16-13-26-9-8-23(16)19(25)17-12-22(21-20-17)11-15-7-5-4-6-14(15)2/h4-7,12,16H,3,8-11,13H2,1-2H3/t16-/m1/s1. The van der Waals surface area contributed by atoms with Crippen molar-refractivity contribution in [3.05, 3.63) is 47.3 Å². The van der Waals surface area contributed by atoms with Crippen LogP contribution in [0.3, 0.4) is 0 Å². The van der Waals surface area contributed by atoms with Gasteiger partial charge in [-0.25, -0.2) is 4.68 Å². The largest absolute Gasteiger partial charge is 0.466 e. The zero-order chi connectivity index (χ0) is 19.2. The van der Waals surface area contributed by atoms with Gasteiger partial charge in [0.1, 0.15) is 0 Å². The Labute approximate surface area is 158 Å². The van der Waals surface area contributed by atoms with Crippen LogP contribution in [0.5, 0.6) is 0 Å². The van der Waals surface area contributed by atoms with E-state index >= 15 is 0 Å². The average molecular weight is 372 g/mol. The van der Waals surface area contributed by atoms with E-state index in [9.17, 15) is 9.59 Å². The number of hydrogen-bond acceptors (Lipinski definition) is 6. The molecule has 1 amide bonds. The van der Waals surface area contributed by atoms with E-state index in [1.807, 2.05) is 31.2 Å². The Kier molecular flexibility index (Phi) is 6.18. The topological polar surface area (TPSA) is 86.5 Å². The first-order chi connectivity index (χ1) is 13.1. The highest BCUT2D eigenvalue weighted by Crippen LogP contribution is 2.15. The number of carbonyl (C=O) groups is 2.